The van der Waals surface area contributed by atoms with Crippen LogP contribution in [0.1, 0.15) is 19.4 Å². The average Bonchev–Trinajstić information content (AvgIpc) is 2.27. The molecule has 17 heavy (non-hydrogen) atoms. The number of rotatable bonds is 0. The van der Waals surface area contributed by atoms with Gasteiger partial charge >= 0.3 is 0 Å². The second kappa shape index (κ2) is 3.27. The van der Waals surface area contributed by atoms with Crippen LogP contribution in [0.3, 0.4) is 0 Å². The van der Waals surface area contributed by atoms with Gasteiger partial charge in [0.15, 0.2) is 0 Å². The minimum atomic E-state index is -0.252. The van der Waals surface area contributed by atoms with Crippen LogP contribution in [-0.4, -0.2) is 10.7 Å². The Morgan fingerprint density at radius 2 is 1.94 bits per heavy atom. The van der Waals surface area contributed by atoms with Gasteiger partial charge in [-0.05, 0) is 55.0 Å². The fraction of sp³-hybridized carbons (Fsp3) is 0.200. The van der Waals surface area contributed by atoms with Gasteiger partial charge in [0.05, 0.1) is 0 Å². The third kappa shape index (κ3) is 1.66. The monoisotopic (exact) mass is 226 g/mol. The molecule has 1 aliphatic rings. The van der Waals surface area contributed by atoms with Gasteiger partial charge in [0.2, 0.25) is 0 Å². The fourth-order valence-electron chi connectivity index (χ4n) is 2.18. The van der Waals surface area contributed by atoms with Crippen LogP contribution < -0.4 is 4.74 Å². The number of hydrogen-bond acceptors (Lipinski definition) is 2. The standard InChI is InChI=1S/C15H14O2/c1-15(2)8-7-13-12-5-4-11(16)9-10(12)3-6-14(13)17-15/h3-9,16H,1-2H3. The maximum Gasteiger partial charge on any atom is 0.128 e. The maximum atomic E-state index is 9.47. The zero-order chi connectivity index (χ0) is 12.0. The zero-order valence-corrected chi connectivity index (χ0v) is 9.90. The lowest BCUT2D eigenvalue weighted by molar-refractivity contribution is 0.159. The molecule has 1 N–H and O–H groups in total. The first-order valence-corrected chi connectivity index (χ1v) is 5.69. The Kier molecular flexibility index (Phi) is 1.96. The quantitative estimate of drug-likeness (QED) is 0.741. The van der Waals surface area contributed by atoms with Gasteiger partial charge < -0.3 is 9.84 Å². The van der Waals surface area contributed by atoms with Gasteiger partial charge in [0, 0.05) is 5.56 Å². The Balaban J connectivity index is 2.28. The van der Waals surface area contributed by atoms with Crippen molar-refractivity contribution >= 4 is 16.8 Å². The molecule has 0 unspecified atom stereocenters. The van der Waals surface area contributed by atoms with Crippen molar-refractivity contribution < 1.29 is 9.84 Å². The highest BCUT2D eigenvalue weighted by Gasteiger charge is 2.22. The first-order chi connectivity index (χ1) is 8.05. The highest BCUT2D eigenvalue weighted by Crippen LogP contribution is 2.36. The van der Waals surface area contributed by atoms with Gasteiger partial charge in [-0.15, -0.1) is 0 Å². The summed E-state index contributed by atoms with van der Waals surface area (Å²) in [7, 11) is 0. The molecule has 0 aliphatic carbocycles. The van der Waals surface area contributed by atoms with Crippen LogP contribution in [0, 0.1) is 0 Å². The maximum absolute atomic E-state index is 9.47. The number of fused-ring (bicyclic) bond motifs is 3. The molecule has 2 aromatic rings. The molecule has 0 amide bonds. The normalized spacial score (nSPS) is 16.6. The van der Waals surface area contributed by atoms with Gasteiger partial charge in [0.1, 0.15) is 17.1 Å². The van der Waals surface area contributed by atoms with E-state index >= 15 is 0 Å². The smallest absolute Gasteiger partial charge is 0.128 e. The molecule has 2 heteroatoms. The molecule has 2 nitrogen and oxygen atoms in total. The van der Waals surface area contributed by atoms with E-state index in [0.717, 1.165) is 22.1 Å². The lowest BCUT2D eigenvalue weighted by Gasteiger charge is -2.28. The summed E-state index contributed by atoms with van der Waals surface area (Å²) in [6.45, 7) is 4.07. The number of phenolic OH excluding ortho intramolecular Hbond substituents is 1. The number of ether oxygens (including phenoxy) is 1. The fourth-order valence-corrected chi connectivity index (χ4v) is 2.18. The molecule has 0 saturated carbocycles. The molecule has 0 aromatic heterocycles. The van der Waals surface area contributed by atoms with Crippen LogP contribution in [0.5, 0.6) is 11.5 Å². The van der Waals surface area contributed by atoms with Crippen LogP contribution in [0.2, 0.25) is 0 Å². The number of hydrogen-bond donors (Lipinski definition) is 1. The second-order valence-electron chi connectivity index (χ2n) is 4.92. The molecule has 0 atom stereocenters. The van der Waals surface area contributed by atoms with Crippen molar-refractivity contribution in [3.63, 3.8) is 0 Å². The van der Waals surface area contributed by atoms with Crippen LogP contribution in [-0.2, 0) is 0 Å². The topological polar surface area (TPSA) is 29.5 Å². The Bertz CT molecular complexity index is 624. The Morgan fingerprint density at radius 3 is 2.76 bits per heavy atom. The van der Waals surface area contributed by atoms with Crippen molar-refractivity contribution in [3.05, 3.63) is 42.0 Å². The minimum Gasteiger partial charge on any atom is -0.508 e. The van der Waals surface area contributed by atoms with Gasteiger partial charge in [-0.3, -0.25) is 0 Å². The van der Waals surface area contributed by atoms with Crippen LogP contribution >= 0.6 is 0 Å². The molecule has 0 fully saturated rings. The van der Waals surface area contributed by atoms with Gasteiger partial charge in [-0.2, -0.15) is 0 Å². The largest absolute Gasteiger partial charge is 0.508 e. The summed E-state index contributed by atoms with van der Waals surface area (Å²) in [5, 5.41) is 11.6. The lowest BCUT2D eigenvalue weighted by atomic mass is 9.97. The van der Waals surface area contributed by atoms with Gasteiger partial charge in [-0.1, -0.05) is 12.1 Å². The van der Waals surface area contributed by atoms with E-state index in [2.05, 4.69) is 12.2 Å². The van der Waals surface area contributed by atoms with Crippen molar-refractivity contribution in [2.45, 2.75) is 19.4 Å². The second-order valence-corrected chi connectivity index (χ2v) is 4.92. The van der Waals surface area contributed by atoms with Gasteiger partial charge in [0.25, 0.3) is 0 Å². The summed E-state index contributed by atoms with van der Waals surface area (Å²) in [5.74, 6) is 1.19. The summed E-state index contributed by atoms with van der Waals surface area (Å²) in [4.78, 5) is 0. The minimum absolute atomic E-state index is 0.252. The first kappa shape index (κ1) is 10.2. The molecule has 1 heterocycles. The van der Waals surface area contributed by atoms with Crippen LogP contribution in [0.15, 0.2) is 36.4 Å². The van der Waals surface area contributed by atoms with E-state index in [-0.39, 0.29) is 5.60 Å². The number of benzene rings is 2. The van der Waals surface area contributed by atoms with Crippen molar-refractivity contribution in [2.75, 3.05) is 0 Å². The molecular formula is C15H14O2. The predicted molar refractivity (Wildman–Crippen MR) is 69.4 cm³/mol. The van der Waals surface area contributed by atoms with Crippen molar-refractivity contribution in [1.29, 1.82) is 0 Å². The van der Waals surface area contributed by atoms with E-state index in [1.807, 2.05) is 32.0 Å². The molecule has 0 radical (unpaired) electrons. The van der Waals surface area contributed by atoms with E-state index in [1.165, 1.54) is 0 Å². The Hall–Kier alpha value is -1.96. The third-order valence-corrected chi connectivity index (χ3v) is 3.03. The van der Waals surface area contributed by atoms with Crippen molar-refractivity contribution in [3.8, 4) is 11.5 Å². The number of phenols is 1. The van der Waals surface area contributed by atoms with Gasteiger partial charge in [-0.25, -0.2) is 0 Å². The SMILES string of the molecule is CC1(C)C=Cc2c(ccc3cc(O)ccc23)O1. The summed E-state index contributed by atoms with van der Waals surface area (Å²) < 4.78 is 5.91. The number of aromatic hydroxyl groups is 1. The lowest BCUT2D eigenvalue weighted by Crippen LogP contribution is -2.27. The Labute approximate surface area is 100 Å². The summed E-state index contributed by atoms with van der Waals surface area (Å²) in [6.07, 6.45) is 4.15. The molecule has 0 saturated heterocycles. The summed E-state index contributed by atoms with van der Waals surface area (Å²) in [6, 6.07) is 9.33. The highest BCUT2D eigenvalue weighted by atomic mass is 16.5. The summed E-state index contributed by atoms with van der Waals surface area (Å²) >= 11 is 0. The molecule has 2 aromatic carbocycles. The van der Waals surface area contributed by atoms with E-state index in [9.17, 15) is 5.11 Å². The summed E-state index contributed by atoms with van der Waals surface area (Å²) in [5.41, 5.74) is 0.833. The molecule has 0 spiro atoms. The predicted octanol–water partition coefficient (Wildman–Crippen LogP) is 3.73. The third-order valence-electron chi connectivity index (χ3n) is 3.03. The molecule has 3 rings (SSSR count). The molecule has 86 valence electrons. The molecule has 0 bridgehead atoms. The first-order valence-electron chi connectivity index (χ1n) is 5.69. The van der Waals surface area contributed by atoms with E-state index < -0.39 is 0 Å². The van der Waals surface area contributed by atoms with Crippen LogP contribution in [0.4, 0.5) is 0 Å². The Morgan fingerprint density at radius 1 is 1.12 bits per heavy atom. The average molecular weight is 226 g/mol. The van der Waals surface area contributed by atoms with Crippen molar-refractivity contribution in [2.24, 2.45) is 0 Å². The zero-order valence-electron chi connectivity index (χ0n) is 9.90. The van der Waals surface area contributed by atoms with Crippen LogP contribution in [0.25, 0.3) is 16.8 Å². The van der Waals surface area contributed by atoms with E-state index in [1.54, 1.807) is 12.1 Å². The van der Waals surface area contributed by atoms with E-state index in [0.29, 0.717) is 5.75 Å². The molecule has 1 aliphatic heterocycles. The highest BCUT2D eigenvalue weighted by molar-refractivity contribution is 5.94. The molecular weight excluding hydrogens is 212 g/mol. The van der Waals surface area contributed by atoms with Crippen molar-refractivity contribution in [1.82, 2.24) is 0 Å². The van der Waals surface area contributed by atoms with E-state index in [4.69, 9.17) is 4.74 Å².